The summed E-state index contributed by atoms with van der Waals surface area (Å²) in [5.41, 5.74) is 0.622. The zero-order chi connectivity index (χ0) is 7.61. The highest BCUT2D eigenvalue weighted by molar-refractivity contribution is 4.77. The van der Waals surface area contributed by atoms with Gasteiger partial charge in [-0.25, -0.2) is 0 Å². The number of rotatable bonds is 0. The minimum Gasteiger partial charge on any atom is -0.0620 e. The molecule has 10 heavy (non-hydrogen) atoms. The van der Waals surface area contributed by atoms with Crippen molar-refractivity contribution in [3.05, 3.63) is 0 Å². The van der Waals surface area contributed by atoms with Gasteiger partial charge in [0, 0.05) is 0 Å². The molecule has 1 rings (SSSR count). The smallest absolute Gasteiger partial charge is 0.0329 e. The quantitative estimate of drug-likeness (QED) is 0.451. The molecule has 0 spiro atoms. The van der Waals surface area contributed by atoms with Crippen molar-refractivity contribution in [1.82, 2.24) is 0 Å². The summed E-state index contributed by atoms with van der Waals surface area (Å²) in [7, 11) is 0. The minimum absolute atomic E-state index is 0.622. The molecule has 1 saturated carbocycles. The van der Waals surface area contributed by atoms with Gasteiger partial charge in [0.15, 0.2) is 0 Å². The van der Waals surface area contributed by atoms with E-state index in [0.717, 1.165) is 5.92 Å². The van der Waals surface area contributed by atoms with Crippen LogP contribution in [0.15, 0.2) is 0 Å². The topological polar surface area (TPSA) is 0 Å². The van der Waals surface area contributed by atoms with Crippen molar-refractivity contribution in [2.24, 2.45) is 11.3 Å². The summed E-state index contributed by atoms with van der Waals surface area (Å²) < 4.78 is 0. The van der Waals surface area contributed by atoms with Crippen LogP contribution in [0.4, 0.5) is 0 Å². The highest BCUT2D eigenvalue weighted by Gasteiger charge is 2.26. The molecule has 0 saturated heterocycles. The van der Waals surface area contributed by atoms with Crippen molar-refractivity contribution < 1.29 is 0 Å². The third-order valence-corrected chi connectivity index (χ3v) is 3.29. The Balaban J connectivity index is 2.52. The molecule has 0 amide bonds. The maximum absolute atomic E-state index is 2.42. The monoisotopic (exact) mass is 140 g/mol. The Hall–Kier alpha value is 0. The second-order valence-electron chi connectivity index (χ2n) is 4.49. The Morgan fingerprint density at radius 3 is 2.50 bits per heavy atom. The van der Waals surface area contributed by atoms with Crippen LogP contribution in [-0.2, 0) is 0 Å². The molecule has 0 nitrogen and oxygen atoms in total. The number of hydrogen-bond donors (Lipinski definition) is 0. The van der Waals surface area contributed by atoms with E-state index in [4.69, 9.17) is 0 Å². The molecule has 1 aliphatic rings. The second kappa shape index (κ2) is 2.94. The van der Waals surface area contributed by atoms with Gasteiger partial charge in [-0.15, -0.1) is 0 Å². The average Bonchev–Trinajstić information content (AvgIpc) is 1.96. The minimum atomic E-state index is 0.622. The molecule has 0 radical (unpaired) electrons. The average molecular weight is 140 g/mol. The second-order valence-corrected chi connectivity index (χ2v) is 4.49. The Morgan fingerprint density at radius 2 is 1.80 bits per heavy atom. The van der Waals surface area contributed by atoms with Crippen molar-refractivity contribution in [2.75, 3.05) is 0 Å². The van der Waals surface area contributed by atoms with Crippen LogP contribution in [0.5, 0.6) is 0 Å². The largest absolute Gasteiger partial charge is 0.0620 e. The Kier molecular flexibility index (Phi) is 2.38. The SMILES string of the molecule is CC1CCCCCC1(C)C. The molecule has 0 heterocycles. The molecule has 0 bridgehead atoms. The van der Waals surface area contributed by atoms with Crippen molar-refractivity contribution in [3.63, 3.8) is 0 Å². The lowest BCUT2D eigenvalue weighted by atomic mass is 9.76. The Bertz CT molecular complexity index is 103. The number of hydrogen-bond acceptors (Lipinski definition) is 0. The lowest BCUT2D eigenvalue weighted by Crippen LogP contribution is -2.19. The molecular weight excluding hydrogens is 120 g/mol. The molecule has 1 atom stereocenters. The fraction of sp³-hybridized carbons (Fsp3) is 1.00. The molecule has 1 fully saturated rings. The molecule has 0 aromatic heterocycles. The van der Waals surface area contributed by atoms with Gasteiger partial charge >= 0.3 is 0 Å². The van der Waals surface area contributed by atoms with Crippen LogP contribution in [0.3, 0.4) is 0 Å². The van der Waals surface area contributed by atoms with Crippen molar-refractivity contribution in [1.29, 1.82) is 0 Å². The van der Waals surface area contributed by atoms with E-state index in [2.05, 4.69) is 20.8 Å². The van der Waals surface area contributed by atoms with Crippen LogP contribution in [0.1, 0.15) is 52.9 Å². The van der Waals surface area contributed by atoms with Gasteiger partial charge in [-0.3, -0.25) is 0 Å². The van der Waals surface area contributed by atoms with E-state index >= 15 is 0 Å². The fourth-order valence-corrected chi connectivity index (χ4v) is 1.85. The molecule has 0 aromatic carbocycles. The van der Waals surface area contributed by atoms with Gasteiger partial charge in [0.2, 0.25) is 0 Å². The van der Waals surface area contributed by atoms with Gasteiger partial charge in [0.25, 0.3) is 0 Å². The van der Waals surface area contributed by atoms with E-state index in [1.165, 1.54) is 32.1 Å². The van der Waals surface area contributed by atoms with E-state index in [9.17, 15) is 0 Å². The summed E-state index contributed by atoms with van der Waals surface area (Å²) in [5.74, 6) is 0.940. The first-order valence-corrected chi connectivity index (χ1v) is 4.63. The van der Waals surface area contributed by atoms with Crippen molar-refractivity contribution in [2.45, 2.75) is 52.9 Å². The van der Waals surface area contributed by atoms with Crippen LogP contribution in [0.25, 0.3) is 0 Å². The van der Waals surface area contributed by atoms with Crippen LogP contribution in [0.2, 0.25) is 0 Å². The molecule has 0 aliphatic heterocycles. The molecule has 0 N–H and O–H groups in total. The van der Waals surface area contributed by atoms with Crippen molar-refractivity contribution in [3.8, 4) is 0 Å². The van der Waals surface area contributed by atoms with E-state index in [1.54, 1.807) is 0 Å². The summed E-state index contributed by atoms with van der Waals surface area (Å²) in [6.07, 6.45) is 7.27. The molecule has 0 heteroatoms. The normalized spacial score (nSPS) is 33.3. The molecule has 60 valence electrons. The first-order chi connectivity index (χ1) is 4.63. The van der Waals surface area contributed by atoms with Crippen LogP contribution >= 0.6 is 0 Å². The van der Waals surface area contributed by atoms with Crippen LogP contribution < -0.4 is 0 Å². The summed E-state index contributed by atoms with van der Waals surface area (Å²) in [5, 5.41) is 0. The molecular formula is C10H20. The third kappa shape index (κ3) is 1.74. The van der Waals surface area contributed by atoms with Gasteiger partial charge in [-0.1, -0.05) is 46.5 Å². The Morgan fingerprint density at radius 1 is 1.10 bits per heavy atom. The van der Waals surface area contributed by atoms with E-state index < -0.39 is 0 Å². The lowest BCUT2D eigenvalue weighted by molar-refractivity contribution is 0.215. The highest BCUT2D eigenvalue weighted by atomic mass is 14.3. The zero-order valence-corrected chi connectivity index (χ0v) is 7.61. The van der Waals surface area contributed by atoms with Gasteiger partial charge in [-0.2, -0.15) is 0 Å². The molecule has 1 aliphatic carbocycles. The van der Waals surface area contributed by atoms with Gasteiger partial charge in [0.05, 0.1) is 0 Å². The first-order valence-electron chi connectivity index (χ1n) is 4.63. The van der Waals surface area contributed by atoms with Gasteiger partial charge in [-0.05, 0) is 17.8 Å². The summed E-state index contributed by atoms with van der Waals surface area (Å²) in [6, 6.07) is 0. The van der Waals surface area contributed by atoms with Crippen molar-refractivity contribution >= 4 is 0 Å². The van der Waals surface area contributed by atoms with Crippen LogP contribution in [0, 0.1) is 11.3 Å². The maximum Gasteiger partial charge on any atom is -0.0329 e. The fourth-order valence-electron chi connectivity index (χ4n) is 1.85. The Labute approximate surface area is 65.0 Å². The standard InChI is InChI=1S/C10H20/c1-9-7-5-4-6-8-10(9,2)3/h9H,4-8H2,1-3H3. The predicted octanol–water partition coefficient (Wildman–Crippen LogP) is 3.61. The summed E-state index contributed by atoms with van der Waals surface area (Å²) in [6.45, 7) is 7.25. The van der Waals surface area contributed by atoms with E-state index in [1.807, 2.05) is 0 Å². The highest BCUT2D eigenvalue weighted by Crippen LogP contribution is 2.38. The molecule has 1 unspecified atom stereocenters. The van der Waals surface area contributed by atoms with Gasteiger partial charge in [0.1, 0.15) is 0 Å². The summed E-state index contributed by atoms with van der Waals surface area (Å²) in [4.78, 5) is 0. The summed E-state index contributed by atoms with van der Waals surface area (Å²) >= 11 is 0. The van der Waals surface area contributed by atoms with E-state index in [-0.39, 0.29) is 0 Å². The third-order valence-electron chi connectivity index (χ3n) is 3.29. The van der Waals surface area contributed by atoms with Gasteiger partial charge < -0.3 is 0 Å². The maximum atomic E-state index is 2.42. The van der Waals surface area contributed by atoms with E-state index in [0.29, 0.717) is 5.41 Å². The zero-order valence-electron chi connectivity index (χ0n) is 7.61. The van der Waals surface area contributed by atoms with Crippen LogP contribution in [-0.4, -0.2) is 0 Å². The first kappa shape index (κ1) is 8.10. The molecule has 0 aromatic rings. The lowest BCUT2D eigenvalue weighted by Gasteiger charge is -2.29. The predicted molar refractivity (Wildman–Crippen MR) is 46.0 cm³/mol.